The number of methoxy groups -OCH3 is 1. The Hall–Kier alpha value is -3.26. The average Bonchev–Trinajstić information content (AvgIpc) is 3.05. The average molecular weight is 412 g/mol. The first-order chi connectivity index (χ1) is 14.0. The maximum Gasteiger partial charge on any atom is 0.344 e. The molecule has 3 rings (SSSR count). The zero-order valence-electron chi connectivity index (χ0n) is 15.9. The molecule has 1 fully saturated rings. The SMILES string of the molecule is CCC(Oc1cccc(/C=C2/SC(=Nc3ccccc3OC)NC2=O)c1)C(=O)O. The molecule has 1 aliphatic heterocycles. The van der Waals surface area contributed by atoms with E-state index >= 15 is 0 Å². The fourth-order valence-electron chi connectivity index (χ4n) is 2.61. The van der Waals surface area contributed by atoms with Crippen molar-refractivity contribution in [2.24, 2.45) is 4.99 Å². The van der Waals surface area contributed by atoms with Gasteiger partial charge in [0.25, 0.3) is 5.91 Å². The van der Waals surface area contributed by atoms with Gasteiger partial charge in [0.05, 0.1) is 12.0 Å². The van der Waals surface area contributed by atoms with Crippen molar-refractivity contribution in [2.75, 3.05) is 7.11 Å². The van der Waals surface area contributed by atoms with Crippen molar-refractivity contribution >= 4 is 40.6 Å². The van der Waals surface area contributed by atoms with Gasteiger partial charge in [-0.15, -0.1) is 0 Å². The Morgan fingerprint density at radius 1 is 1.28 bits per heavy atom. The maximum absolute atomic E-state index is 12.3. The molecule has 2 aromatic rings. The van der Waals surface area contributed by atoms with E-state index in [0.29, 0.717) is 33.7 Å². The molecule has 1 aliphatic rings. The summed E-state index contributed by atoms with van der Waals surface area (Å²) in [5.41, 5.74) is 1.34. The number of benzene rings is 2. The van der Waals surface area contributed by atoms with Crippen molar-refractivity contribution in [3.05, 3.63) is 59.0 Å². The van der Waals surface area contributed by atoms with E-state index in [1.807, 2.05) is 18.2 Å². The van der Waals surface area contributed by atoms with Crippen LogP contribution >= 0.6 is 11.8 Å². The third-order valence-electron chi connectivity index (χ3n) is 4.04. The lowest BCUT2D eigenvalue weighted by Crippen LogP contribution is -2.25. The number of para-hydroxylation sites is 2. The topological polar surface area (TPSA) is 97.2 Å². The number of carboxylic acid groups (broad SMARTS) is 1. The summed E-state index contributed by atoms with van der Waals surface area (Å²) in [6.07, 6.45) is 1.14. The Kier molecular flexibility index (Phi) is 6.56. The van der Waals surface area contributed by atoms with Gasteiger partial charge in [-0.25, -0.2) is 9.79 Å². The number of thioether (sulfide) groups is 1. The molecule has 1 saturated heterocycles. The quantitative estimate of drug-likeness (QED) is 0.671. The molecule has 0 saturated carbocycles. The van der Waals surface area contributed by atoms with Crippen LogP contribution in [-0.2, 0) is 9.59 Å². The molecule has 7 nitrogen and oxygen atoms in total. The summed E-state index contributed by atoms with van der Waals surface area (Å²) < 4.78 is 10.8. The number of aliphatic imine (C=N–C) groups is 1. The van der Waals surface area contributed by atoms with E-state index in [1.54, 1.807) is 50.4 Å². The van der Waals surface area contributed by atoms with Crippen LogP contribution in [0.2, 0.25) is 0 Å². The summed E-state index contributed by atoms with van der Waals surface area (Å²) in [5.74, 6) is -0.230. The van der Waals surface area contributed by atoms with Crippen LogP contribution in [0.25, 0.3) is 6.08 Å². The number of ether oxygens (including phenoxy) is 2. The zero-order valence-corrected chi connectivity index (χ0v) is 16.7. The molecule has 1 atom stereocenters. The molecule has 150 valence electrons. The number of carbonyl (C=O) groups is 2. The molecule has 1 unspecified atom stereocenters. The Labute approximate surface area is 172 Å². The number of carbonyl (C=O) groups excluding carboxylic acids is 1. The highest BCUT2D eigenvalue weighted by Crippen LogP contribution is 2.32. The number of amides is 1. The van der Waals surface area contributed by atoms with E-state index in [-0.39, 0.29) is 5.91 Å². The van der Waals surface area contributed by atoms with Gasteiger partial charge >= 0.3 is 5.97 Å². The Bertz CT molecular complexity index is 987. The van der Waals surface area contributed by atoms with E-state index in [1.165, 1.54) is 11.8 Å². The van der Waals surface area contributed by atoms with Crippen molar-refractivity contribution in [1.29, 1.82) is 0 Å². The summed E-state index contributed by atoms with van der Waals surface area (Å²) in [7, 11) is 1.56. The van der Waals surface area contributed by atoms with E-state index < -0.39 is 12.1 Å². The number of nitrogens with one attached hydrogen (secondary N) is 1. The number of hydrogen-bond acceptors (Lipinski definition) is 6. The summed E-state index contributed by atoms with van der Waals surface area (Å²) in [6, 6.07) is 14.2. The van der Waals surface area contributed by atoms with Gasteiger partial charge in [-0.05, 0) is 54.1 Å². The molecular weight excluding hydrogens is 392 g/mol. The molecule has 0 spiro atoms. The van der Waals surface area contributed by atoms with E-state index in [2.05, 4.69) is 10.3 Å². The second-order valence-corrected chi connectivity index (χ2v) is 7.11. The van der Waals surface area contributed by atoms with Crippen LogP contribution in [0.4, 0.5) is 5.69 Å². The van der Waals surface area contributed by atoms with Crippen LogP contribution in [0.1, 0.15) is 18.9 Å². The summed E-state index contributed by atoms with van der Waals surface area (Å²) >= 11 is 1.22. The van der Waals surface area contributed by atoms with Crippen LogP contribution in [0.15, 0.2) is 58.4 Å². The third kappa shape index (κ3) is 5.17. The van der Waals surface area contributed by atoms with E-state index in [4.69, 9.17) is 14.6 Å². The summed E-state index contributed by atoms with van der Waals surface area (Å²) in [6.45, 7) is 1.74. The minimum absolute atomic E-state index is 0.257. The van der Waals surface area contributed by atoms with Gasteiger partial charge in [-0.2, -0.15) is 0 Å². The molecule has 1 amide bonds. The lowest BCUT2D eigenvalue weighted by atomic mass is 10.2. The first-order valence-corrected chi connectivity index (χ1v) is 9.74. The second-order valence-electron chi connectivity index (χ2n) is 6.08. The van der Waals surface area contributed by atoms with Crippen molar-refractivity contribution in [2.45, 2.75) is 19.4 Å². The molecule has 0 aliphatic carbocycles. The van der Waals surface area contributed by atoms with Crippen LogP contribution < -0.4 is 14.8 Å². The van der Waals surface area contributed by atoms with Crippen LogP contribution in [0.3, 0.4) is 0 Å². The highest BCUT2D eigenvalue weighted by atomic mass is 32.2. The van der Waals surface area contributed by atoms with Crippen molar-refractivity contribution in [1.82, 2.24) is 5.32 Å². The molecule has 2 N–H and O–H groups in total. The molecule has 2 aromatic carbocycles. The first-order valence-electron chi connectivity index (χ1n) is 8.92. The Balaban J connectivity index is 1.79. The highest BCUT2D eigenvalue weighted by Gasteiger charge is 2.24. The fourth-order valence-corrected chi connectivity index (χ4v) is 3.45. The third-order valence-corrected chi connectivity index (χ3v) is 4.95. The number of carboxylic acids is 1. The summed E-state index contributed by atoms with van der Waals surface area (Å²) in [4.78, 5) is 28.4. The van der Waals surface area contributed by atoms with E-state index in [9.17, 15) is 9.59 Å². The number of aliphatic carboxylic acids is 1. The normalized spacial score (nSPS) is 17.2. The fraction of sp³-hybridized carbons (Fsp3) is 0.190. The molecule has 0 aromatic heterocycles. The van der Waals surface area contributed by atoms with Gasteiger partial charge in [0.15, 0.2) is 11.3 Å². The van der Waals surface area contributed by atoms with Gasteiger partial charge in [0.2, 0.25) is 0 Å². The molecule has 29 heavy (non-hydrogen) atoms. The van der Waals surface area contributed by atoms with Gasteiger partial charge in [-0.1, -0.05) is 31.2 Å². The molecule has 0 bridgehead atoms. The standard InChI is InChI=1S/C21H20N2O5S/c1-3-16(20(25)26)28-14-8-6-7-13(11-14)12-18-19(24)23-21(29-18)22-15-9-4-5-10-17(15)27-2/h4-12,16H,3H2,1-2H3,(H,25,26)(H,22,23,24)/b18-12+. The van der Waals surface area contributed by atoms with Crippen LogP contribution in [0.5, 0.6) is 11.5 Å². The highest BCUT2D eigenvalue weighted by molar-refractivity contribution is 8.18. The van der Waals surface area contributed by atoms with Crippen molar-refractivity contribution in [3.63, 3.8) is 0 Å². The number of hydrogen-bond donors (Lipinski definition) is 2. The lowest BCUT2D eigenvalue weighted by Gasteiger charge is -2.13. The molecular formula is C21H20N2O5S. The monoisotopic (exact) mass is 412 g/mol. The smallest absolute Gasteiger partial charge is 0.344 e. The lowest BCUT2D eigenvalue weighted by molar-refractivity contribution is -0.145. The predicted octanol–water partition coefficient (Wildman–Crippen LogP) is 3.83. The van der Waals surface area contributed by atoms with E-state index in [0.717, 1.165) is 5.56 Å². The minimum atomic E-state index is -1.01. The number of rotatable bonds is 7. The van der Waals surface area contributed by atoms with Crippen LogP contribution in [0, 0.1) is 0 Å². The maximum atomic E-state index is 12.3. The molecule has 1 heterocycles. The Morgan fingerprint density at radius 2 is 2.07 bits per heavy atom. The van der Waals surface area contributed by atoms with Gasteiger partial charge in [0.1, 0.15) is 17.2 Å². The number of amidine groups is 1. The second kappa shape index (κ2) is 9.29. The van der Waals surface area contributed by atoms with Crippen molar-refractivity contribution < 1.29 is 24.2 Å². The largest absolute Gasteiger partial charge is 0.494 e. The van der Waals surface area contributed by atoms with Gasteiger partial charge in [-0.3, -0.25) is 4.79 Å². The Morgan fingerprint density at radius 3 is 2.79 bits per heavy atom. The van der Waals surface area contributed by atoms with Crippen molar-refractivity contribution in [3.8, 4) is 11.5 Å². The minimum Gasteiger partial charge on any atom is -0.494 e. The summed E-state index contributed by atoms with van der Waals surface area (Å²) in [5, 5.41) is 12.3. The molecule has 0 radical (unpaired) electrons. The number of nitrogens with zero attached hydrogens (tertiary/aromatic N) is 1. The van der Waals surface area contributed by atoms with Gasteiger partial charge < -0.3 is 19.9 Å². The first kappa shape index (κ1) is 20.5. The van der Waals surface area contributed by atoms with Gasteiger partial charge in [0, 0.05) is 0 Å². The predicted molar refractivity (Wildman–Crippen MR) is 113 cm³/mol. The zero-order chi connectivity index (χ0) is 20.8. The van der Waals surface area contributed by atoms with Crippen LogP contribution in [-0.4, -0.2) is 35.4 Å². The molecule has 8 heteroatoms.